The summed E-state index contributed by atoms with van der Waals surface area (Å²) < 4.78 is 11.0. The Morgan fingerprint density at radius 3 is 2.85 bits per heavy atom. The minimum Gasteiger partial charge on any atom is -0.487 e. The van der Waals surface area contributed by atoms with Gasteiger partial charge < -0.3 is 14.5 Å². The molecule has 0 unspecified atom stereocenters. The highest BCUT2D eigenvalue weighted by molar-refractivity contribution is 5.23. The molecule has 3 nitrogen and oxygen atoms in total. The van der Waals surface area contributed by atoms with Crippen molar-refractivity contribution in [1.82, 2.24) is 5.32 Å². The summed E-state index contributed by atoms with van der Waals surface area (Å²) in [5.74, 6) is 1.77. The van der Waals surface area contributed by atoms with Gasteiger partial charge in [-0.15, -0.1) is 0 Å². The van der Waals surface area contributed by atoms with Crippen molar-refractivity contribution in [2.75, 3.05) is 13.1 Å². The zero-order valence-electron chi connectivity index (χ0n) is 7.88. The van der Waals surface area contributed by atoms with Gasteiger partial charge in [0.1, 0.15) is 11.9 Å². The van der Waals surface area contributed by atoms with Crippen LogP contribution in [0.2, 0.25) is 0 Å². The Balaban J connectivity index is 1.93. The molecule has 2 heterocycles. The fourth-order valence-electron chi connectivity index (χ4n) is 1.59. The van der Waals surface area contributed by atoms with Crippen molar-refractivity contribution in [1.29, 1.82) is 0 Å². The van der Waals surface area contributed by atoms with Crippen LogP contribution in [0.3, 0.4) is 0 Å². The molecule has 13 heavy (non-hydrogen) atoms. The van der Waals surface area contributed by atoms with E-state index in [9.17, 15) is 0 Å². The Bertz CT molecular complexity index is 264. The molecule has 0 bridgehead atoms. The maximum atomic E-state index is 5.79. The van der Waals surface area contributed by atoms with E-state index < -0.39 is 0 Å². The maximum absolute atomic E-state index is 5.79. The lowest BCUT2D eigenvalue weighted by Crippen LogP contribution is -2.34. The molecule has 1 aliphatic rings. The molecular formula is C10H15NO2. The smallest absolute Gasteiger partial charge is 0.160 e. The molecule has 1 N–H and O–H groups in total. The average Bonchev–Trinajstić information content (AvgIpc) is 2.54. The molecule has 1 saturated heterocycles. The Kier molecular flexibility index (Phi) is 2.54. The number of hydrogen-bond acceptors (Lipinski definition) is 3. The highest BCUT2D eigenvalue weighted by Crippen LogP contribution is 2.21. The van der Waals surface area contributed by atoms with E-state index in [4.69, 9.17) is 9.15 Å². The number of nitrogens with one attached hydrogen (secondary N) is 1. The molecule has 0 aliphatic carbocycles. The zero-order valence-corrected chi connectivity index (χ0v) is 7.88. The minimum absolute atomic E-state index is 0.359. The molecule has 1 fully saturated rings. The van der Waals surface area contributed by atoms with Gasteiger partial charge in [0, 0.05) is 6.07 Å². The van der Waals surface area contributed by atoms with Gasteiger partial charge in [-0.05, 0) is 32.9 Å². The van der Waals surface area contributed by atoms with Gasteiger partial charge in [-0.3, -0.25) is 0 Å². The van der Waals surface area contributed by atoms with Crippen LogP contribution in [0.1, 0.15) is 18.6 Å². The molecule has 72 valence electrons. The molecule has 1 aliphatic heterocycles. The molecule has 3 heteroatoms. The van der Waals surface area contributed by atoms with E-state index >= 15 is 0 Å². The number of piperidine rings is 1. The van der Waals surface area contributed by atoms with Crippen LogP contribution in [-0.2, 0) is 0 Å². The second kappa shape index (κ2) is 3.83. The van der Waals surface area contributed by atoms with Crippen molar-refractivity contribution in [3.63, 3.8) is 0 Å². The third-order valence-electron chi connectivity index (χ3n) is 2.39. The van der Waals surface area contributed by atoms with Crippen molar-refractivity contribution in [3.05, 3.63) is 18.1 Å². The quantitative estimate of drug-likeness (QED) is 0.754. The van der Waals surface area contributed by atoms with Gasteiger partial charge in [-0.25, -0.2) is 0 Å². The predicted molar refractivity (Wildman–Crippen MR) is 50.0 cm³/mol. The molecule has 2 rings (SSSR count). The number of ether oxygens (including phenoxy) is 1. The van der Waals surface area contributed by atoms with Crippen LogP contribution in [-0.4, -0.2) is 19.2 Å². The first-order chi connectivity index (χ1) is 6.36. The fraction of sp³-hybridized carbons (Fsp3) is 0.600. The second-order valence-corrected chi connectivity index (χ2v) is 3.41. The molecular weight excluding hydrogens is 166 g/mol. The highest BCUT2D eigenvalue weighted by Gasteiger charge is 2.15. The van der Waals surface area contributed by atoms with E-state index in [1.54, 1.807) is 6.26 Å². The maximum Gasteiger partial charge on any atom is 0.160 e. The molecule has 0 amide bonds. The summed E-state index contributed by atoms with van der Waals surface area (Å²) in [5.41, 5.74) is 0. The van der Waals surface area contributed by atoms with Gasteiger partial charge in [0.2, 0.25) is 0 Å². The first-order valence-electron chi connectivity index (χ1n) is 4.78. The monoisotopic (exact) mass is 181 g/mol. The van der Waals surface area contributed by atoms with Gasteiger partial charge in [0.15, 0.2) is 5.75 Å². The third kappa shape index (κ3) is 2.04. The fourth-order valence-corrected chi connectivity index (χ4v) is 1.59. The van der Waals surface area contributed by atoms with Crippen molar-refractivity contribution in [2.45, 2.75) is 25.9 Å². The molecule has 0 spiro atoms. The van der Waals surface area contributed by atoms with Crippen LogP contribution in [0.15, 0.2) is 16.7 Å². The first kappa shape index (κ1) is 8.63. The minimum atomic E-state index is 0.359. The lowest BCUT2D eigenvalue weighted by molar-refractivity contribution is 0.159. The summed E-state index contributed by atoms with van der Waals surface area (Å²) in [4.78, 5) is 0. The normalized spacial score (nSPS) is 18.8. The van der Waals surface area contributed by atoms with Crippen molar-refractivity contribution < 1.29 is 9.15 Å². The molecule has 0 atom stereocenters. The van der Waals surface area contributed by atoms with Crippen LogP contribution < -0.4 is 10.1 Å². The van der Waals surface area contributed by atoms with Gasteiger partial charge in [0.05, 0.1) is 6.26 Å². The van der Waals surface area contributed by atoms with Crippen molar-refractivity contribution in [2.24, 2.45) is 0 Å². The number of rotatable bonds is 2. The number of aryl methyl sites for hydroxylation is 1. The van der Waals surface area contributed by atoms with E-state index in [0.29, 0.717) is 6.10 Å². The first-order valence-corrected chi connectivity index (χ1v) is 4.78. The predicted octanol–water partition coefficient (Wildman–Crippen LogP) is 1.72. The highest BCUT2D eigenvalue weighted by atomic mass is 16.5. The topological polar surface area (TPSA) is 34.4 Å². The lowest BCUT2D eigenvalue weighted by Gasteiger charge is -2.23. The Labute approximate surface area is 78.1 Å². The Morgan fingerprint density at radius 1 is 1.46 bits per heavy atom. The van der Waals surface area contributed by atoms with E-state index in [2.05, 4.69) is 5.32 Å². The largest absolute Gasteiger partial charge is 0.487 e. The SMILES string of the molecule is Cc1occc1OC1CCNCC1. The lowest BCUT2D eigenvalue weighted by atomic mass is 10.1. The number of hydrogen-bond donors (Lipinski definition) is 1. The van der Waals surface area contributed by atoms with Gasteiger partial charge >= 0.3 is 0 Å². The number of furan rings is 1. The molecule has 0 aromatic carbocycles. The van der Waals surface area contributed by atoms with E-state index in [0.717, 1.165) is 37.4 Å². The second-order valence-electron chi connectivity index (χ2n) is 3.41. The Morgan fingerprint density at radius 2 is 2.23 bits per heavy atom. The van der Waals surface area contributed by atoms with Crippen LogP contribution in [0.25, 0.3) is 0 Å². The van der Waals surface area contributed by atoms with Crippen molar-refractivity contribution in [3.8, 4) is 5.75 Å². The van der Waals surface area contributed by atoms with Gasteiger partial charge in [-0.1, -0.05) is 0 Å². The van der Waals surface area contributed by atoms with E-state index in [-0.39, 0.29) is 0 Å². The summed E-state index contributed by atoms with van der Waals surface area (Å²) in [5, 5.41) is 3.31. The average molecular weight is 181 g/mol. The molecule has 1 aromatic heterocycles. The summed E-state index contributed by atoms with van der Waals surface area (Å²) in [6.07, 6.45) is 4.21. The Hall–Kier alpha value is -0.960. The van der Waals surface area contributed by atoms with Gasteiger partial charge in [0.25, 0.3) is 0 Å². The summed E-state index contributed by atoms with van der Waals surface area (Å²) >= 11 is 0. The van der Waals surface area contributed by atoms with Crippen LogP contribution in [0.5, 0.6) is 5.75 Å². The van der Waals surface area contributed by atoms with Crippen LogP contribution >= 0.6 is 0 Å². The summed E-state index contributed by atoms with van der Waals surface area (Å²) in [7, 11) is 0. The van der Waals surface area contributed by atoms with E-state index in [1.165, 1.54) is 0 Å². The third-order valence-corrected chi connectivity index (χ3v) is 2.39. The van der Waals surface area contributed by atoms with E-state index in [1.807, 2.05) is 13.0 Å². The van der Waals surface area contributed by atoms with Gasteiger partial charge in [-0.2, -0.15) is 0 Å². The van der Waals surface area contributed by atoms with Crippen molar-refractivity contribution >= 4 is 0 Å². The van der Waals surface area contributed by atoms with Crippen LogP contribution in [0.4, 0.5) is 0 Å². The molecule has 1 aromatic rings. The molecule has 0 radical (unpaired) electrons. The summed E-state index contributed by atoms with van der Waals surface area (Å²) in [6.45, 7) is 4.04. The molecule has 0 saturated carbocycles. The zero-order chi connectivity index (χ0) is 9.10. The van der Waals surface area contributed by atoms with Crippen LogP contribution in [0, 0.1) is 6.92 Å². The summed E-state index contributed by atoms with van der Waals surface area (Å²) in [6, 6.07) is 1.89. The standard InChI is InChI=1S/C10H15NO2/c1-8-10(4-7-12-8)13-9-2-5-11-6-3-9/h4,7,9,11H,2-3,5-6H2,1H3.